The maximum Gasteiger partial charge on any atom is 0.167 e. The number of methoxy groups -OCH3 is 2. The van der Waals surface area contributed by atoms with E-state index in [1.165, 1.54) is 19.2 Å². The monoisotopic (exact) mass is 288 g/mol. The summed E-state index contributed by atoms with van der Waals surface area (Å²) in [6, 6.07) is 9.39. The van der Waals surface area contributed by atoms with E-state index >= 15 is 0 Å². The third kappa shape index (κ3) is 3.40. The second-order valence-electron chi connectivity index (χ2n) is 4.75. The number of rotatable bonds is 5. The van der Waals surface area contributed by atoms with Gasteiger partial charge in [0.2, 0.25) is 0 Å². The Balaban J connectivity index is 2.28. The lowest BCUT2D eigenvalue weighted by Crippen LogP contribution is -2.07. The zero-order valence-corrected chi connectivity index (χ0v) is 12.3. The predicted molar refractivity (Wildman–Crippen MR) is 78.7 cm³/mol. The van der Waals surface area contributed by atoms with Crippen molar-refractivity contribution in [3.8, 4) is 11.5 Å². The number of carbonyl (C=O) groups excluding carboxylic acids is 1. The van der Waals surface area contributed by atoms with Crippen LogP contribution >= 0.6 is 0 Å². The first-order valence-electron chi connectivity index (χ1n) is 6.55. The summed E-state index contributed by atoms with van der Waals surface area (Å²) in [4.78, 5) is 12.4. The van der Waals surface area contributed by atoms with Gasteiger partial charge in [0.1, 0.15) is 5.82 Å². The van der Waals surface area contributed by atoms with E-state index in [-0.39, 0.29) is 18.0 Å². The van der Waals surface area contributed by atoms with E-state index < -0.39 is 0 Å². The summed E-state index contributed by atoms with van der Waals surface area (Å²) in [6.07, 6.45) is 0.219. The van der Waals surface area contributed by atoms with Gasteiger partial charge < -0.3 is 9.47 Å². The molecule has 0 aromatic heterocycles. The van der Waals surface area contributed by atoms with E-state index in [9.17, 15) is 9.18 Å². The van der Waals surface area contributed by atoms with Gasteiger partial charge in [0.25, 0.3) is 0 Å². The van der Waals surface area contributed by atoms with E-state index in [0.717, 1.165) is 11.1 Å². The highest BCUT2D eigenvalue weighted by Gasteiger charge is 2.15. The molecule has 0 saturated heterocycles. The minimum atomic E-state index is -0.312. The molecule has 2 rings (SSSR count). The third-order valence-electron chi connectivity index (χ3n) is 3.31. The molecule has 2 aromatic carbocycles. The molecule has 0 N–H and O–H groups in total. The lowest BCUT2D eigenvalue weighted by molar-refractivity contribution is 0.0992. The molecule has 0 spiro atoms. The van der Waals surface area contributed by atoms with Crippen molar-refractivity contribution < 1.29 is 18.7 Å². The zero-order valence-electron chi connectivity index (χ0n) is 12.3. The van der Waals surface area contributed by atoms with Crippen LogP contribution in [0.5, 0.6) is 11.5 Å². The Morgan fingerprint density at radius 1 is 1.05 bits per heavy atom. The average molecular weight is 288 g/mol. The Labute approximate surface area is 123 Å². The maximum atomic E-state index is 12.9. The van der Waals surface area contributed by atoms with Gasteiger partial charge in [-0.05, 0) is 42.3 Å². The normalized spacial score (nSPS) is 10.3. The van der Waals surface area contributed by atoms with Gasteiger partial charge >= 0.3 is 0 Å². The molecule has 0 aliphatic heterocycles. The first-order chi connectivity index (χ1) is 10.0. The molecular formula is C17H17FO3. The molecule has 0 radical (unpaired) electrons. The quantitative estimate of drug-likeness (QED) is 0.789. The first kappa shape index (κ1) is 15.0. The van der Waals surface area contributed by atoms with Gasteiger partial charge in [-0.1, -0.05) is 12.1 Å². The summed E-state index contributed by atoms with van der Waals surface area (Å²) in [7, 11) is 3.08. The highest BCUT2D eigenvalue weighted by molar-refractivity contribution is 5.99. The van der Waals surface area contributed by atoms with Crippen molar-refractivity contribution in [3.05, 3.63) is 58.9 Å². The lowest BCUT2D eigenvalue weighted by atomic mass is 9.98. The Kier molecular flexibility index (Phi) is 4.58. The summed E-state index contributed by atoms with van der Waals surface area (Å²) < 4.78 is 23.3. The molecule has 4 heteroatoms. The highest BCUT2D eigenvalue weighted by Crippen LogP contribution is 2.30. The van der Waals surface area contributed by atoms with Crippen molar-refractivity contribution in [1.29, 1.82) is 0 Å². The minimum absolute atomic E-state index is 0.0416. The third-order valence-corrected chi connectivity index (χ3v) is 3.31. The summed E-state index contributed by atoms with van der Waals surface area (Å²) in [5.74, 6) is 0.757. The van der Waals surface area contributed by atoms with Crippen LogP contribution in [0.15, 0.2) is 36.4 Å². The number of benzene rings is 2. The molecule has 0 atom stereocenters. The molecule has 0 aliphatic carbocycles. The molecule has 110 valence electrons. The van der Waals surface area contributed by atoms with Crippen LogP contribution in [0.4, 0.5) is 4.39 Å². The van der Waals surface area contributed by atoms with Crippen molar-refractivity contribution >= 4 is 5.78 Å². The second kappa shape index (κ2) is 6.39. The fourth-order valence-corrected chi connectivity index (χ4v) is 2.16. The first-order valence-corrected chi connectivity index (χ1v) is 6.55. The zero-order chi connectivity index (χ0) is 15.4. The predicted octanol–water partition coefficient (Wildman–Crippen LogP) is 3.58. The van der Waals surface area contributed by atoms with Crippen LogP contribution in [-0.4, -0.2) is 20.0 Å². The molecule has 21 heavy (non-hydrogen) atoms. The van der Waals surface area contributed by atoms with E-state index in [4.69, 9.17) is 9.47 Å². The van der Waals surface area contributed by atoms with Crippen molar-refractivity contribution in [2.75, 3.05) is 14.2 Å². The summed E-state index contributed by atoms with van der Waals surface area (Å²) in [5.41, 5.74) is 2.17. The molecule has 0 unspecified atom stereocenters. The number of carbonyl (C=O) groups is 1. The van der Waals surface area contributed by atoms with Crippen molar-refractivity contribution in [2.45, 2.75) is 13.3 Å². The second-order valence-corrected chi connectivity index (χ2v) is 4.75. The Morgan fingerprint density at radius 3 is 2.19 bits per heavy atom. The molecule has 0 aliphatic rings. The number of hydrogen-bond donors (Lipinski definition) is 0. The largest absolute Gasteiger partial charge is 0.493 e. The fourth-order valence-electron chi connectivity index (χ4n) is 2.16. The minimum Gasteiger partial charge on any atom is -0.493 e. The number of hydrogen-bond acceptors (Lipinski definition) is 3. The number of ether oxygens (including phenoxy) is 2. The summed E-state index contributed by atoms with van der Waals surface area (Å²) in [5, 5.41) is 0. The standard InChI is InChI=1S/C17H17FO3/c1-11-8-16(20-2)17(21-3)10-14(11)15(19)9-12-4-6-13(18)7-5-12/h4-8,10H,9H2,1-3H3. The van der Waals surface area contributed by atoms with Gasteiger partial charge in [0, 0.05) is 12.0 Å². The Morgan fingerprint density at radius 2 is 1.62 bits per heavy atom. The van der Waals surface area contributed by atoms with Crippen LogP contribution in [0.3, 0.4) is 0 Å². The molecular weight excluding hydrogens is 271 g/mol. The number of halogens is 1. The SMILES string of the molecule is COc1cc(C)c(C(=O)Cc2ccc(F)cc2)cc1OC. The van der Waals surface area contributed by atoms with Crippen molar-refractivity contribution in [2.24, 2.45) is 0 Å². The van der Waals surface area contributed by atoms with Crippen LogP contribution in [0.25, 0.3) is 0 Å². The lowest BCUT2D eigenvalue weighted by Gasteiger charge is -2.12. The topological polar surface area (TPSA) is 35.5 Å². The molecule has 0 saturated carbocycles. The fraction of sp³-hybridized carbons (Fsp3) is 0.235. The van der Waals surface area contributed by atoms with E-state index in [0.29, 0.717) is 17.1 Å². The number of ketones is 1. The molecule has 0 fully saturated rings. The highest BCUT2D eigenvalue weighted by atomic mass is 19.1. The van der Waals surface area contributed by atoms with E-state index in [1.807, 2.05) is 6.92 Å². The Hall–Kier alpha value is -2.36. The van der Waals surface area contributed by atoms with E-state index in [1.54, 1.807) is 31.4 Å². The van der Waals surface area contributed by atoms with Crippen LogP contribution in [0, 0.1) is 12.7 Å². The van der Waals surface area contributed by atoms with E-state index in [2.05, 4.69) is 0 Å². The van der Waals surface area contributed by atoms with Gasteiger partial charge in [-0.25, -0.2) is 4.39 Å². The van der Waals surface area contributed by atoms with Gasteiger partial charge in [0.15, 0.2) is 17.3 Å². The van der Waals surface area contributed by atoms with Gasteiger partial charge in [-0.15, -0.1) is 0 Å². The van der Waals surface area contributed by atoms with Gasteiger partial charge in [0.05, 0.1) is 14.2 Å². The van der Waals surface area contributed by atoms with Crippen LogP contribution in [0.2, 0.25) is 0 Å². The summed E-state index contributed by atoms with van der Waals surface area (Å²) in [6.45, 7) is 1.85. The van der Waals surface area contributed by atoms with Crippen LogP contribution in [-0.2, 0) is 6.42 Å². The number of aryl methyl sites for hydroxylation is 1. The smallest absolute Gasteiger partial charge is 0.167 e. The number of Topliss-reactive ketones (excluding diaryl/α,β-unsaturated/α-hetero) is 1. The van der Waals surface area contributed by atoms with Gasteiger partial charge in [-0.3, -0.25) is 4.79 Å². The van der Waals surface area contributed by atoms with Gasteiger partial charge in [-0.2, -0.15) is 0 Å². The molecule has 0 bridgehead atoms. The van der Waals surface area contributed by atoms with Crippen LogP contribution < -0.4 is 9.47 Å². The van der Waals surface area contributed by atoms with Crippen molar-refractivity contribution in [1.82, 2.24) is 0 Å². The molecule has 0 heterocycles. The Bertz CT molecular complexity index is 648. The molecule has 0 amide bonds. The molecule has 3 nitrogen and oxygen atoms in total. The maximum absolute atomic E-state index is 12.9. The van der Waals surface area contributed by atoms with Crippen LogP contribution in [0.1, 0.15) is 21.5 Å². The summed E-state index contributed by atoms with van der Waals surface area (Å²) >= 11 is 0. The molecule has 2 aromatic rings. The average Bonchev–Trinajstić information content (AvgIpc) is 2.49. The van der Waals surface area contributed by atoms with Crippen molar-refractivity contribution in [3.63, 3.8) is 0 Å².